The number of rotatable bonds is 6. The van der Waals surface area contributed by atoms with Gasteiger partial charge in [-0.1, -0.05) is 13.0 Å². The van der Waals surface area contributed by atoms with E-state index in [1.54, 1.807) is 11.2 Å². The zero-order valence-corrected chi connectivity index (χ0v) is 17.7. The number of anilines is 2. The van der Waals surface area contributed by atoms with E-state index in [0.717, 1.165) is 30.0 Å². The summed E-state index contributed by atoms with van der Waals surface area (Å²) in [6, 6.07) is 7.19. The summed E-state index contributed by atoms with van der Waals surface area (Å²) < 4.78 is 1.91. The van der Waals surface area contributed by atoms with E-state index < -0.39 is 0 Å². The summed E-state index contributed by atoms with van der Waals surface area (Å²) in [5.74, 6) is 1.87. The Bertz CT molecular complexity index is 1090. The molecule has 3 aromatic rings. The number of aromatic nitrogens is 5. The smallest absolute Gasteiger partial charge is 0.260 e. The van der Waals surface area contributed by atoms with Crippen LogP contribution in [0.5, 0.6) is 0 Å². The largest absolute Gasteiger partial charge is 0.363 e. The van der Waals surface area contributed by atoms with Gasteiger partial charge in [-0.2, -0.15) is 0 Å². The first-order valence-electron chi connectivity index (χ1n) is 10.1. The first kappa shape index (κ1) is 20.0. The predicted molar refractivity (Wildman–Crippen MR) is 115 cm³/mol. The third kappa shape index (κ3) is 3.30. The molecule has 1 amide bonds. The van der Waals surface area contributed by atoms with Crippen molar-refractivity contribution in [3.05, 3.63) is 47.4 Å². The lowest BCUT2D eigenvalue weighted by atomic mass is 10.0. The molecule has 2 N–H and O–H groups in total. The highest BCUT2D eigenvalue weighted by atomic mass is 16.2. The molecule has 9 heteroatoms. The second-order valence-corrected chi connectivity index (χ2v) is 7.51. The van der Waals surface area contributed by atoms with E-state index >= 15 is 0 Å². The minimum atomic E-state index is -0.228. The van der Waals surface area contributed by atoms with Crippen molar-refractivity contribution in [2.45, 2.75) is 39.4 Å². The third-order valence-electron chi connectivity index (χ3n) is 5.38. The van der Waals surface area contributed by atoms with Crippen molar-refractivity contribution in [3.63, 3.8) is 0 Å². The fraction of sp³-hybridized carbons (Fsp3) is 0.381. The molecular formula is C21H26N8O. The molecule has 0 saturated heterocycles. The molecule has 0 aromatic carbocycles. The van der Waals surface area contributed by atoms with Crippen molar-refractivity contribution in [3.8, 4) is 11.5 Å². The van der Waals surface area contributed by atoms with Gasteiger partial charge in [0.25, 0.3) is 5.91 Å². The number of fused-ring (bicyclic) bond motifs is 1. The monoisotopic (exact) mass is 406 g/mol. The third-order valence-corrected chi connectivity index (χ3v) is 5.38. The van der Waals surface area contributed by atoms with Crippen LogP contribution < -0.4 is 15.5 Å². The van der Waals surface area contributed by atoms with Crippen LogP contribution in [-0.2, 0) is 13.1 Å². The fourth-order valence-corrected chi connectivity index (χ4v) is 3.61. The molecule has 0 bridgehead atoms. The number of hydrogen-bond acceptors (Lipinski definition) is 7. The number of carbonyl (C=O) groups excluding carboxylic acids is 1. The first-order chi connectivity index (χ1) is 14.4. The molecular weight excluding hydrogens is 380 g/mol. The zero-order valence-electron chi connectivity index (χ0n) is 17.7. The van der Waals surface area contributed by atoms with Gasteiger partial charge in [-0.05, 0) is 31.5 Å². The SMILES string of the molecule is CC[C@@H](N)c1nc(N(C)C)cc2c1CN(c1cccc(-c3nncn3CC)n1)C2=O. The van der Waals surface area contributed by atoms with Crippen LogP contribution in [0.15, 0.2) is 30.6 Å². The van der Waals surface area contributed by atoms with E-state index in [4.69, 9.17) is 15.7 Å². The molecule has 1 aliphatic heterocycles. The average molecular weight is 406 g/mol. The molecule has 1 aliphatic rings. The van der Waals surface area contributed by atoms with Gasteiger partial charge in [0.2, 0.25) is 0 Å². The maximum atomic E-state index is 13.3. The van der Waals surface area contributed by atoms with Gasteiger partial charge < -0.3 is 15.2 Å². The Morgan fingerprint density at radius 2 is 2.03 bits per heavy atom. The van der Waals surface area contributed by atoms with Crippen LogP contribution in [0.4, 0.5) is 11.6 Å². The summed E-state index contributed by atoms with van der Waals surface area (Å²) in [4.78, 5) is 26.3. The van der Waals surface area contributed by atoms with E-state index in [0.29, 0.717) is 29.4 Å². The van der Waals surface area contributed by atoms with Crippen LogP contribution in [0, 0.1) is 0 Å². The molecule has 30 heavy (non-hydrogen) atoms. The molecule has 0 aliphatic carbocycles. The Morgan fingerprint density at radius 1 is 1.23 bits per heavy atom. The molecule has 3 aromatic heterocycles. The van der Waals surface area contributed by atoms with E-state index in [-0.39, 0.29) is 11.9 Å². The van der Waals surface area contributed by atoms with Crippen LogP contribution in [0.3, 0.4) is 0 Å². The van der Waals surface area contributed by atoms with E-state index in [2.05, 4.69) is 10.2 Å². The van der Waals surface area contributed by atoms with Crippen molar-refractivity contribution in [1.29, 1.82) is 0 Å². The quantitative estimate of drug-likeness (QED) is 0.670. The lowest BCUT2D eigenvalue weighted by molar-refractivity contribution is 0.0996. The van der Waals surface area contributed by atoms with Gasteiger partial charge >= 0.3 is 0 Å². The molecule has 4 heterocycles. The summed E-state index contributed by atoms with van der Waals surface area (Å²) in [7, 11) is 3.81. The molecule has 4 rings (SSSR count). The summed E-state index contributed by atoms with van der Waals surface area (Å²) in [5, 5.41) is 8.15. The number of carbonyl (C=O) groups is 1. The maximum absolute atomic E-state index is 13.3. The Kier molecular flexibility index (Phi) is 5.21. The summed E-state index contributed by atoms with van der Waals surface area (Å²) in [6.45, 7) is 5.17. The second kappa shape index (κ2) is 7.83. The van der Waals surface area contributed by atoms with Crippen molar-refractivity contribution in [2.75, 3.05) is 23.9 Å². The highest BCUT2D eigenvalue weighted by Gasteiger charge is 2.34. The highest BCUT2D eigenvalue weighted by molar-refractivity contribution is 6.10. The molecule has 1 atom stereocenters. The van der Waals surface area contributed by atoms with Gasteiger partial charge in [-0.25, -0.2) is 9.97 Å². The molecule has 0 radical (unpaired) electrons. The maximum Gasteiger partial charge on any atom is 0.260 e. The summed E-state index contributed by atoms with van der Waals surface area (Å²) >= 11 is 0. The van der Waals surface area contributed by atoms with Gasteiger partial charge in [0.1, 0.15) is 23.7 Å². The number of aryl methyl sites for hydroxylation is 1. The van der Waals surface area contributed by atoms with Crippen LogP contribution in [-0.4, -0.2) is 44.7 Å². The fourth-order valence-electron chi connectivity index (χ4n) is 3.61. The molecule has 0 fully saturated rings. The van der Waals surface area contributed by atoms with Crippen molar-refractivity contribution in [1.82, 2.24) is 24.7 Å². The number of nitrogens with zero attached hydrogens (tertiary/aromatic N) is 7. The van der Waals surface area contributed by atoms with Crippen molar-refractivity contribution >= 4 is 17.5 Å². The number of nitrogens with two attached hydrogens (primary N) is 1. The van der Waals surface area contributed by atoms with Gasteiger partial charge in [0.15, 0.2) is 5.82 Å². The van der Waals surface area contributed by atoms with Gasteiger partial charge in [0, 0.05) is 32.2 Å². The lowest BCUT2D eigenvalue weighted by Gasteiger charge is -2.18. The summed E-state index contributed by atoms with van der Waals surface area (Å²) in [5.41, 5.74) is 9.30. The van der Waals surface area contributed by atoms with Gasteiger partial charge in [-0.15, -0.1) is 10.2 Å². The molecule has 156 valence electrons. The minimum Gasteiger partial charge on any atom is -0.363 e. The van der Waals surface area contributed by atoms with E-state index in [1.165, 1.54) is 0 Å². The van der Waals surface area contributed by atoms with Crippen LogP contribution in [0.2, 0.25) is 0 Å². The van der Waals surface area contributed by atoms with E-state index in [9.17, 15) is 4.79 Å². The van der Waals surface area contributed by atoms with Crippen LogP contribution in [0.25, 0.3) is 11.5 Å². The zero-order chi connectivity index (χ0) is 21.4. The number of hydrogen-bond donors (Lipinski definition) is 1. The van der Waals surface area contributed by atoms with Gasteiger partial charge in [0.05, 0.1) is 17.8 Å². The van der Waals surface area contributed by atoms with Crippen LogP contribution >= 0.6 is 0 Å². The standard InChI is InChI=1S/C21H26N8O/c1-5-15(22)19-14-11-29(21(30)13(14)10-18(25-19)27(3)4)17-9-7-8-16(24-17)20-26-23-12-28(20)6-2/h7-10,12,15H,5-6,11,22H2,1-4H3/t15-/m1/s1. The molecule has 0 spiro atoms. The highest BCUT2D eigenvalue weighted by Crippen LogP contribution is 2.34. The second-order valence-electron chi connectivity index (χ2n) is 7.51. The van der Waals surface area contributed by atoms with Gasteiger partial charge in [-0.3, -0.25) is 9.69 Å². The molecule has 9 nitrogen and oxygen atoms in total. The Balaban J connectivity index is 1.75. The Labute approximate surface area is 175 Å². The van der Waals surface area contributed by atoms with Crippen LogP contribution in [0.1, 0.15) is 47.9 Å². The van der Waals surface area contributed by atoms with Crippen molar-refractivity contribution in [2.24, 2.45) is 5.73 Å². The van der Waals surface area contributed by atoms with E-state index in [1.807, 2.05) is 61.7 Å². The number of pyridine rings is 2. The molecule has 0 unspecified atom stereocenters. The summed E-state index contributed by atoms with van der Waals surface area (Å²) in [6.07, 6.45) is 2.42. The first-order valence-corrected chi connectivity index (χ1v) is 10.1. The molecule has 0 saturated carbocycles. The minimum absolute atomic E-state index is 0.0957. The average Bonchev–Trinajstić information content (AvgIpc) is 3.37. The normalized spacial score (nSPS) is 14.2. The topological polar surface area (TPSA) is 106 Å². The Morgan fingerprint density at radius 3 is 2.73 bits per heavy atom. The Hall–Kier alpha value is -3.33. The predicted octanol–water partition coefficient (Wildman–Crippen LogP) is 2.39. The number of amides is 1. The lowest BCUT2D eigenvalue weighted by Crippen LogP contribution is -2.24. The van der Waals surface area contributed by atoms with Crippen molar-refractivity contribution < 1.29 is 4.79 Å².